The molecule has 0 aliphatic carbocycles. The summed E-state index contributed by atoms with van der Waals surface area (Å²) in [5.41, 5.74) is 0. The molecule has 0 saturated carbocycles. The van der Waals surface area contributed by atoms with Crippen LogP contribution in [0, 0.1) is 0 Å². The Kier molecular flexibility index (Phi) is 56.7. The van der Waals surface area contributed by atoms with E-state index in [1.54, 1.807) is 0 Å². The Morgan fingerprint density at radius 1 is 0.293 bits per heavy atom. The van der Waals surface area contributed by atoms with Gasteiger partial charge in [-0.1, -0.05) is 272 Å². The van der Waals surface area contributed by atoms with Gasteiger partial charge in [-0.2, -0.15) is 0 Å². The van der Waals surface area contributed by atoms with Gasteiger partial charge in [-0.3, -0.25) is 37.3 Å². The van der Waals surface area contributed by atoms with E-state index < -0.39 is 97.5 Å². The summed E-state index contributed by atoms with van der Waals surface area (Å²) in [5, 5.41) is 10.5. The minimum atomic E-state index is -4.94. The van der Waals surface area contributed by atoms with Gasteiger partial charge in [0, 0.05) is 25.7 Å². The summed E-state index contributed by atoms with van der Waals surface area (Å²) >= 11 is 0. The second kappa shape index (κ2) is 58.1. The number of carbonyl (C=O) groups excluding carboxylic acids is 4. The van der Waals surface area contributed by atoms with E-state index in [0.29, 0.717) is 25.7 Å². The maximum Gasteiger partial charge on any atom is 0.472 e. The van der Waals surface area contributed by atoms with Gasteiger partial charge < -0.3 is 33.8 Å². The van der Waals surface area contributed by atoms with Crippen LogP contribution >= 0.6 is 15.6 Å². The zero-order chi connectivity index (χ0) is 60.5. The number of esters is 4. The Hall–Kier alpha value is -1.94. The fraction of sp³-hybridized carbons (Fsp3) is 0.937. The van der Waals surface area contributed by atoms with Gasteiger partial charge in [0.1, 0.15) is 19.3 Å². The molecule has 0 aromatic heterocycles. The smallest absolute Gasteiger partial charge is 0.462 e. The van der Waals surface area contributed by atoms with Crippen molar-refractivity contribution in [1.29, 1.82) is 0 Å². The van der Waals surface area contributed by atoms with Crippen molar-refractivity contribution in [1.82, 2.24) is 0 Å². The van der Waals surface area contributed by atoms with E-state index in [1.165, 1.54) is 128 Å². The lowest BCUT2D eigenvalue weighted by Crippen LogP contribution is -2.30. The van der Waals surface area contributed by atoms with Crippen molar-refractivity contribution < 1.29 is 80.2 Å². The number of rotatable bonds is 64. The van der Waals surface area contributed by atoms with E-state index in [-0.39, 0.29) is 25.7 Å². The number of aliphatic hydroxyl groups excluding tert-OH is 1. The average molecular weight is 1210 g/mol. The highest BCUT2D eigenvalue weighted by Crippen LogP contribution is 2.45. The molecule has 17 nitrogen and oxygen atoms in total. The predicted octanol–water partition coefficient (Wildman–Crippen LogP) is 17.5. The summed E-state index contributed by atoms with van der Waals surface area (Å²) in [7, 11) is -9.87. The lowest BCUT2D eigenvalue weighted by Gasteiger charge is -2.21. The van der Waals surface area contributed by atoms with Crippen LogP contribution in [-0.4, -0.2) is 96.7 Å². The van der Waals surface area contributed by atoms with Gasteiger partial charge in [0.05, 0.1) is 26.4 Å². The average Bonchev–Trinajstić information content (AvgIpc) is 3.45. The number of hydrogen-bond acceptors (Lipinski definition) is 15. The number of phosphoric ester groups is 2. The Bertz CT molecular complexity index is 1590. The van der Waals surface area contributed by atoms with Gasteiger partial charge >= 0.3 is 39.5 Å². The third kappa shape index (κ3) is 57.2. The van der Waals surface area contributed by atoms with Gasteiger partial charge in [0.25, 0.3) is 0 Å². The van der Waals surface area contributed by atoms with Gasteiger partial charge in [-0.15, -0.1) is 0 Å². The molecule has 0 aromatic rings. The van der Waals surface area contributed by atoms with Gasteiger partial charge in [-0.05, 0) is 25.7 Å². The molecule has 19 heteroatoms. The van der Waals surface area contributed by atoms with Crippen molar-refractivity contribution in [3.05, 3.63) is 0 Å². The van der Waals surface area contributed by atoms with Crippen molar-refractivity contribution in [2.45, 2.75) is 341 Å². The van der Waals surface area contributed by atoms with Crippen molar-refractivity contribution in [2.24, 2.45) is 0 Å². The lowest BCUT2D eigenvalue weighted by molar-refractivity contribution is -0.161. The van der Waals surface area contributed by atoms with Crippen LogP contribution < -0.4 is 0 Å². The second-order valence-electron chi connectivity index (χ2n) is 22.8. The zero-order valence-corrected chi connectivity index (χ0v) is 54.2. The highest BCUT2D eigenvalue weighted by Gasteiger charge is 2.30. The Labute approximate surface area is 498 Å². The standard InChI is InChI=1S/C63H122O17P2/c1-5-9-13-17-21-23-25-26-27-28-29-30-31-32-34-38-42-46-50-63(68)80-59(54-74-61(66)48-44-40-37-33-24-22-18-14-10-6-2)56-78-82(71,72)76-52-57(64)51-75-81(69,70)77-55-58(79-62(67)49-45-41-36-20-16-12-8-4)53-73-60(65)47-43-39-35-19-15-11-7-3/h57-59,64H,5-56H2,1-4H3,(H,69,70)(H,71,72)/t57-,58+,59+/m0/s1. The topological polar surface area (TPSA) is 237 Å². The van der Waals surface area contributed by atoms with Gasteiger partial charge in [-0.25, -0.2) is 9.13 Å². The Morgan fingerprint density at radius 3 is 0.720 bits per heavy atom. The van der Waals surface area contributed by atoms with Crippen LogP contribution in [0.1, 0.15) is 323 Å². The second-order valence-corrected chi connectivity index (χ2v) is 25.7. The van der Waals surface area contributed by atoms with Crippen LogP contribution in [0.5, 0.6) is 0 Å². The first-order chi connectivity index (χ1) is 39.7. The molecule has 82 heavy (non-hydrogen) atoms. The zero-order valence-electron chi connectivity index (χ0n) is 52.5. The van der Waals surface area contributed by atoms with Crippen molar-refractivity contribution >= 4 is 39.5 Å². The number of ether oxygens (including phenoxy) is 4. The number of hydrogen-bond donors (Lipinski definition) is 3. The molecule has 0 saturated heterocycles. The van der Waals surface area contributed by atoms with Gasteiger partial charge in [0.2, 0.25) is 0 Å². The molecular formula is C63H122O17P2. The normalized spacial score (nSPS) is 14.2. The maximum absolute atomic E-state index is 13.0. The molecule has 0 bridgehead atoms. The molecule has 0 amide bonds. The number of phosphoric acid groups is 2. The summed E-state index contributed by atoms with van der Waals surface area (Å²) in [4.78, 5) is 71.9. The van der Waals surface area contributed by atoms with E-state index in [9.17, 15) is 43.2 Å². The first-order valence-corrected chi connectivity index (χ1v) is 36.3. The van der Waals surface area contributed by atoms with Crippen LogP contribution in [0.2, 0.25) is 0 Å². The monoisotopic (exact) mass is 1210 g/mol. The highest BCUT2D eigenvalue weighted by atomic mass is 31.2. The predicted molar refractivity (Wildman–Crippen MR) is 326 cm³/mol. The van der Waals surface area contributed by atoms with Crippen molar-refractivity contribution in [2.75, 3.05) is 39.6 Å². The molecule has 0 aliphatic rings. The van der Waals surface area contributed by atoms with E-state index in [1.807, 2.05) is 0 Å². The maximum atomic E-state index is 13.0. The van der Waals surface area contributed by atoms with Crippen molar-refractivity contribution in [3.63, 3.8) is 0 Å². The lowest BCUT2D eigenvalue weighted by atomic mass is 10.0. The molecule has 2 unspecified atom stereocenters. The van der Waals surface area contributed by atoms with Crippen LogP contribution in [0.15, 0.2) is 0 Å². The van der Waals surface area contributed by atoms with Gasteiger partial charge in [0.15, 0.2) is 12.2 Å². The minimum Gasteiger partial charge on any atom is -0.462 e. The number of unbranched alkanes of at least 4 members (excludes halogenated alkanes) is 38. The Morgan fingerprint density at radius 2 is 0.488 bits per heavy atom. The summed E-state index contributed by atoms with van der Waals surface area (Å²) < 4.78 is 67.7. The van der Waals surface area contributed by atoms with E-state index in [0.717, 1.165) is 116 Å². The summed E-state index contributed by atoms with van der Waals surface area (Å²) in [5.74, 6) is -2.14. The van der Waals surface area contributed by atoms with E-state index >= 15 is 0 Å². The SMILES string of the molecule is CCCCCCCCCCCCCCCCCCCCC(=O)O[C@H](COC(=O)CCCCCCCCCCCC)COP(=O)(O)OC[C@@H](O)COP(=O)(O)OC[C@@H](COC(=O)CCCCCCCCC)OC(=O)CCCCCCCCC. The molecule has 486 valence electrons. The highest BCUT2D eigenvalue weighted by molar-refractivity contribution is 7.47. The first kappa shape index (κ1) is 80.1. The van der Waals surface area contributed by atoms with Crippen LogP contribution in [0.25, 0.3) is 0 Å². The van der Waals surface area contributed by atoms with Crippen LogP contribution in [0.3, 0.4) is 0 Å². The fourth-order valence-corrected chi connectivity index (χ4v) is 11.0. The van der Waals surface area contributed by atoms with Crippen molar-refractivity contribution in [3.8, 4) is 0 Å². The molecule has 0 fully saturated rings. The quantitative estimate of drug-likeness (QED) is 0.0222. The third-order valence-corrected chi connectivity index (χ3v) is 16.5. The third-order valence-electron chi connectivity index (χ3n) is 14.6. The molecule has 5 atom stereocenters. The fourth-order valence-electron chi connectivity index (χ4n) is 9.46. The Balaban J connectivity index is 5.12. The minimum absolute atomic E-state index is 0.104. The first-order valence-electron chi connectivity index (χ1n) is 33.3. The molecule has 0 aliphatic heterocycles. The molecule has 3 N–H and O–H groups in total. The molecule has 0 rings (SSSR count). The van der Waals surface area contributed by atoms with E-state index in [2.05, 4.69) is 27.7 Å². The molecule has 0 aromatic carbocycles. The number of aliphatic hydroxyl groups is 1. The molecule has 0 radical (unpaired) electrons. The largest absolute Gasteiger partial charge is 0.472 e. The number of carbonyl (C=O) groups is 4. The van der Waals surface area contributed by atoms with E-state index in [4.69, 9.17) is 37.0 Å². The van der Waals surface area contributed by atoms with Crippen LogP contribution in [0.4, 0.5) is 0 Å². The summed E-state index contributed by atoms with van der Waals surface area (Å²) in [6.45, 7) is 4.80. The molecular weight excluding hydrogens is 1090 g/mol. The van der Waals surface area contributed by atoms with Crippen LogP contribution in [-0.2, 0) is 65.4 Å². The molecule has 0 spiro atoms. The summed E-state index contributed by atoms with van der Waals surface area (Å²) in [6.07, 6.45) is 43.4. The summed E-state index contributed by atoms with van der Waals surface area (Å²) in [6, 6.07) is 0. The molecule has 0 heterocycles.